The number of imidazole rings is 1. The molecular weight excluding hydrogens is 212 g/mol. The predicted molar refractivity (Wildman–Crippen MR) is 67.5 cm³/mol. The van der Waals surface area contributed by atoms with Crippen LogP contribution in [-0.4, -0.2) is 23.1 Å². The van der Waals surface area contributed by atoms with E-state index in [0.29, 0.717) is 6.42 Å². The number of fused-ring (bicyclic) bond motifs is 1. The minimum atomic E-state index is 0.632. The highest BCUT2D eigenvalue weighted by Gasteiger charge is 1.98. The number of hydrogen-bond acceptors (Lipinski definition) is 3. The van der Waals surface area contributed by atoms with Gasteiger partial charge in [0.15, 0.2) is 0 Å². The van der Waals surface area contributed by atoms with Crippen molar-refractivity contribution in [1.29, 1.82) is 5.26 Å². The zero-order valence-corrected chi connectivity index (χ0v) is 9.74. The largest absolute Gasteiger partial charge is 0.345 e. The number of nitriles is 1. The molecule has 4 heteroatoms. The Morgan fingerprint density at radius 3 is 3.18 bits per heavy atom. The molecule has 0 radical (unpaired) electrons. The van der Waals surface area contributed by atoms with Crippen LogP contribution in [0.3, 0.4) is 0 Å². The van der Waals surface area contributed by atoms with Crippen LogP contribution in [0.15, 0.2) is 24.5 Å². The Hall–Kier alpha value is -1.86. The molecule has 2 N–H and O–H groups in total. The Morgan fingerprint density at radius 2 is 2.29 bits per heavy atom. The van der Waals surface area contributed by atoms with E-state index < -0.39 is 0 Å². The summed E-state index contributed by atoms with van der Waals surface area (Å²) >= 11 is 0. The average molecular weight is 228 g/mol. The fraction of sp³-hybridized carbons (Fsp3) is 0.385. The standard InChI is InChI=1S/C13H16N4/c14-6-1-2-7-15-8-5-11-3-4-12-13(9-11)17-10-16-12/h3-4,9-10,15H,1-2,5,7-8H2,(H,16,17). The molecule has 0 unspecified atom stereocenters. The molecule has 4 nitrogen and oxygen atoms in total. The van der Waals surface area contributed by atoms with Crippen LogP contribution in [0.25, 0.3) is 11.0 Å². The highest BCUT2D eigenvalue weighted by atomic mass is 14.9. The zero-order chi connectivity index (χ0) is 11.9. The minimum absolute atomic E-state index is 0.632. The van der Waals surface area contributed by atoms with E-state index in [1.165, 1.54) is 5.56 Å². The first-order valence-corrected chi connectivity index (χ1v) is 5.90. The van der Waals surface area contributed by atoms with Gasteiger partial charge >= 0.3 is 0 Å². The van der Waals surface area contributed by atoms with Gasteiger partial charge in [0.2, 0.25) is 0 Å². The molecule has 1 aromatic heterocycles. The van der Waals surface area contributed by atoms with Gasteiger partial charge < -0.3 is 10.3 Å². The maximum atomic E-state index is 8.39. The van der Waals surface area contributed by atoms with E-state index in [-0.39, 0.29) is 0 Å². The van der Waals surface area contributed by atoms with Crippen molar-refractivity contribution in [3.8, 4) is 6.07 Å². The van der Waals surface area contributed by atoms with Crippen molar-refractivity contribution in [3.05, 3.63) is 30.1 Å². The molecule has 0 fully saturated rings. The fourth-order valence-electron chi connectivity index (χ4n) is 1.79. The Kier molecular flexibility index (Phi) is 4.11. The number of nitrogens with one attached hydrogen (secondary N) is 2. The first-order chi connectivity index (χ1) is 8.40. The summed E-state index contributed by atoms with van der Waals surface area (Å²) in [6.45, 7) is 1.87. The van der Waals surface area contributed by atoms with Gasteiger partial charge in [-0.05, 0) is 43.6 Å². The highest BCUT2D eigenvalue weighted by Crippen LogP contribution is 2.11. The monoisotopic (exact) mass is 228 g/mol. The van der Waals surface area contributed by atoms with E-state index >= 15 is 0 Å². The molecule has 0 atom stereocenters. The lowest BCUT2D eigenvalue weighted by atomic mass is 10.1. The molecule has 17 heavy (non-hydrogen) atoms. The van der Waals surface area contributed by atoms with Crippen LogP contribution in [0, 0.1) is 11.3 Å². The second-order valence-corrected chi connectivity index (χ2v) is 4.02. The van der Waals surface area contributed by atoms with Gasteiger partial charge in [-0.2, -0.15) is 5.26 Å². The number of benzene rings is 1. The number of rotatable bonds is 6. The summed E-state index contributed by atoms with van der Waals surface area (Å²) in [5.41, 5.74) is 3.40. The van der Waals surface area contributed by atoms with Crippen molar-refractivity contribution in [2.75, 3.05) is 13.1 Å². The van der Waals surface area contributed by atoms with E-state index in [1.807, 2.05) is 6.07 Å². The Labute approximate surface area is 101 Å². The van der Waals surface area contributed by atoms with Gasteiger partial charge in [0.25, 0.3) is 0 Å². The summed E-state index contributed by atoms with van der Waals surface area (Å²) in [5.74, 6) is 0. The second kappa shape index (κ2) is 6.02. The van der Waals surface area contributed by atoms with Crippen LogP contribution >= 0.6 is 0 Å². The smallest absolute Gasteiger partial charge is 0.0931 e. The van der Waals surface area contributed by atoms with Crippen LogP contribution in [0.5, 0.6) is 0 Å². The van der Waals surface area contributed by atoms with Gasteiger partial charge in [0.05, 0.1) is 23.4 Å². The maximum absolute atomic E-state index is 8.39. The second-order valence-electron chi connectivity index (χ2n) is 4.02. The number of H-pyrrole nitrogens is 1. The lowest BCUT2D eigenvalue weighted by Crippen LogP contribution is -2.18. The molecule has 0 amide bonds. The predicted octanol–water partition coefficient (Wildman–Crippen LogP) is 2.00. The van der Waals surface area contributed by atoms with Crippen molar-refractivity contribution in [2.24, 2.45) is 0 Å². The van der Waals surface area contributed by atoms with Crippen LogP contribution in [0.1, 0.15) is 18.4 Å². The number of aromatic nitrogens is 2. The normalized spacial score (nSPS) is 10.5. The first-order valence-electron chi connectivity index (χ1n) is 5.90. The van der Waals surface area contributed by atoms with E-state index in [9.17, 15) is 0 Å². The number of hydrogen-bond donors (Lipinski definition) is 2. The number of unbranched alkanes of at least 4 members (excludes halogenated alkanes) is 1. The van der Waals surface area contributed by atoms with Gasteiger partial charge in [-0.3, -0.25) is 0 Å². The molecule has 88 valence electrons. The summed E-state index contributed by atoms with van der Waals surface area (Å²) < 4.78 is 0. The lowest BCUT2D eigenvalue weighted by molar-refractivity contribution is 0.655. The molecule has 0 spiro atoms. The molecule has 2 aromatic rings. The summed E-state index contributed by atoms with van der Waals surface area (Å²) in [7, 11) is 0. The molecule has 1 aromatic carbocycles. The molecule has 0 aliphatic carbocycles. The topological polar surface area (TPSA) is 64.5 Å². The minimum Gasteiger partial charge on any atom is -0.345 e. The van der Waals surface area contributed by atoms with Crippen molar-refractivity contribution in [2.45, 2.75) is 19.3 Å². The molecule has 1 heterocycles. The molecule has 0 aliphatic heterocycles. The lowest BCUT2D eigenvalue weighted by Gasteiger charge is -2.03. The van der Waals surface area contributed by atoms with Crippen LogP contribution in [0.2, 0.25) is 0 Å². The van der Waals surface area contributed by atoms with Crippen LogP contribution in [0.4, 0.5) is 0 Å². The van der Waals surface area contributed by atoms with Crippen molar-refractivity contribution >= 4 is 11.0 Å². The average Bonchev–Trinajstić information content (AvgIpc) is 2.81. The van der Waals surface area contributed by atoms with Crippen molar-refractivity contribution < 1.29 is 0 Å². The van der Waals surface area contributed by atoms with E-state index in [0.717, 1.165) is 37.0 Å². The van der Waals surface area contributed by atoms with E-state index in [2.05, 4.69) is 33.5 Å². The first kappa shape index (κ1) is 11.6. The summed E-state index contributed by atoms with van der Waals surface area (Å²) in [5, 5.41) is 11.7. The number of nitrogens with zero attached hydrogens (tertiary/aromatic N) is 2. The molecule has 0 saturated carbocycles. The Bertz CT molecular complexity index is 509. The van der Waals surface area contributed by atoms with Crippen LogP contribution in [-0.2, 0) is 6.42 Å². The highest BCUT2D eigenvalue weighted by molar-refractivity contribution is 5.74. The molecule has 0 aliphatic rings. The van der Waals surface area contributed by atoms with Crippen molar-refractivity contribution in [1.82, 2.24) is 15.3 Å². The summed E-state index contributed by atoms with van der Waals surface area (Å²) in [6, 6.07) is 8.43. The molecule has 0 saturated heterocycles. The van der Waals surface area contributed by atoms with Gasteiger partial charge in [-0.15, -0.1) is 0 Å². The Morgan fingerprint density at radius 1 is 1.35 bits per heavy atom. The SMILES string of the molecule is N#CCCCNCCc1ccc2nc[nH]c2c1. The summed E-state index contributed by atoms with van der Waals surface area (Å²) in [6.07, 6.45) is 4.28. The number of aromatic amines is 1. The molecule has 0 bridgehead atoms. The maximum Gasteiger partial charge on any atom is 0.0931 e. The van der Waals surface area contributed by atoms with Gasteiger partial charge in [0.1, 0.15) is 0 Å². The quantitative estimate of drug-likeness (QED) is 0.743. The molecule has 2 rings (SSSR count). The van der Waals surface area contributed by atoms with Gasteiger partial charge in [-0.25, -0.2) is 4.98 Å². The van der Waals surface area contributed by atoms with Crippen LogP contribution < -0.4 is 5.32 Å². The summed E-state index contributed by atoms with van der Waals surface area (Å²) in [4.78, 5) is 7.30. The Balaban J connectivity index is 1.77. The third-order valence-corrected chi connectivity index (χ3v) is 2.72. The zero-order valence-electron chi connectivity index (χ0n) is 9.74. The third kappa shape index (κ3) is 3.30. The molecular formula is C13H16N4. The third-order valence-electron chi connectivity index (χ3n) is 2.72. The van der Waals surface area contributed by atoms with Gasteiger partial charge in [0, 0.05) is 6.42 Å². The van der Waals surface area contributed by atoms with Crippen molar-refractivity contribution in [3.63, 3.8) is 0 Å². The fourth-order valence-corrected chi connectivity index (χ4v) is 1.79. The van der Waals surface area contributed by atoms with E-state index in [4.69, 9.17) is 5.26 Å². The van der Waals surface area contributed by atoms with E-state index in [1.54, 1.807) is 6.33 Å². The van der Waals surface area contributed by atoms with Gasteiger partial charge in [-0.1, -0.05) is 6.07 Å².